The Bertz CT molecular complexity index is 608. The molecule has 0 spiro atoms. The number of carboxylic acid groups (broad SMARTS) is 1. The molecule has 0 aliphatic heterocycles. The average Bonchev–Trinajstić information content (AvgIpc) is 2.35. The highest BCUT2D eigenvalue weighted by Gasteiger charge is 2.21. The van der Waals surface area contributed by atoms with E-state index in [1.165, 1.54) is 18.2 Å². The average molecular weight is 371 g/mol. The van der Waals surface area contributed by atoms with Gasteiger partial charge in [0.2, 0.25) is 5.91 Å². The van der Waals surface area contributed by atoms with Gasteiger partial charge in [0, 0.05) is 15.6 Å². The van der Waals surface area contributed by atoms with Gasteiger partial charge < -0.3 is 15.7 Å². The molecule has 0 heterocycles. The molecule has 120 valence electrons. The van der Waals surface area contributed by atoms with Crippen molar-refractivity contribution < 1.29 is 19.5 Å². The van der Waals surface area contributed by atoms with Gasteiger partial charge in [0.15, 0.2) is 0 Å². The van der Waals surface area contributed by atoms with E-state index in [1.54, 1.807) is 6.92 Å². The molecule has 0 saturated heterocycles. The first-order chi connectivity index (χ1) is 9.99. The summed E-state index contributed by atoms with van der Waals surface area (Å²) in [6, 6.07) is 3.42. The quantitative estimate of drug-likeness (QED) is 0.756. The highest BCUT2D eigenvalue weighted by atomic mass is 79.9. The molecule has 0 bridgehead atoms. The van der Waals surface area contributed by atoms with Crippen molar-refractivity contribution in [2.24, 2.45) is 0 Å². The third kappa shape index (κ3) is 5.48. The van der Waals surface area contributed by atoms with Crippen LogP contribution < -0.4 is 10.6 Å². The molecular formula is C15H19BrN2O4. The van der Waals surface area contributed by atoms with Crippen molar-refractivity contribution in [2.75, 3.05) is 0 Å². The molecule has 0 aromatic heterocycles. The molecule has 7 heteroatoms. The summed E-state index contributed by atoms with van der Waals surface area (Å²) in [5.41, 5.74) is -0.240. The number of rotatable bonds is 4. The summed E-state index contributed by atoms with van der Waals surface area (Å²) < 4.78 is 0.476. The van der Waals surface area contributed by atoms with Crippen LogP contribution in [0.1, 0.15) is 48.4 Å². The van der Waals surface area contributed by atoms with Gasteiger partial charge in [-0.05, 0) is 45.9 Å². The summed E-state index contributed by atoms with van der Waals surface area (Å²) in [7, 11) is 0. The van der Waals surface area contributed by atoms with E-state index in [1.807, 2.05) is 20.8 Å². The Morgan fingerprint density at radius 1 is 1.14 bits per heavy atom. The van der Waals surface area contributed by atoms with Crippen LogP contribution in [0.3, 0.4) is 0 Å². The predicted molar refractivity (Wildman–Crippen MR) is 85.9 cm³/mol. The second kappa shape index (κ2) is 6.91. The maximum atomic E-state index is 12.1. The van der Waals surface area contributed by atoms with Crippen LogP contribution in [0, 0.1) is 0 Å². The van der Waals surface area contributed by atoms with Gasteiger partial charge in [-0.15, -0.1) is 0 Å². The molecule has 0 radical (unpaired) electrons. The van der Waals surface area contributed by atoms with Crippen LogP contribution in [0.25, 0.3) is 0 Å². The number of carboxylic acids is 1. The van der Waals surface area contributed by atoms with Gasteiger partial charge in [-0.2, -0.15) is 0 Å². The van der Waals surface area contributed by atoms with Crippen LogP contribution in [0.2, 0.25) is 0 Å². The number of hydrogen-bond acceptors (Lipinski definition) is 3. The number of benzene rings is 1. The molecule has 1 rings (SSSR count). The highest BCUT2D eigenvalue weighted by Crippen LogP contribution is 2.16. The smallest absolute Gasteiger partial charge is 0.335 e. The van der Waals surface area contributed by atoms with E-state index in [0.29, 0.717) is 4.47 Å². The SMILES string of the molecule is CC(NC(=O)c1cc(Br)cc(C(=O)O)c1)C(=O)NC(C)(C)C. The lowest BCUT2D eigenvalue weighted by atomic mass is 10.1. The fourth-order valence-electron chi connectivity index (χ4n) is 1.67. The molecule has 3 N–H and O–H groups in total. The van der Waals surface area contributed by atoms with Crippen LogP contribution >= 0.6 is 15.9 Å². The van der Waals surface area contributed by atoms with Crippen molar-refractivity contribution in [3.05, 3.63) is 33.8 Å². The van der Waals surface area contributed by atoms with Gasteiger partial charge in [0.1, 0.15) is 6.04 Å². The zero-order valence-electron chi connectivity index (χ0n) is 12.9. The summed E-state index contributed by atoms with van der Waals surface area (Å²) in [5, 5.41) is 14.3. The van der Waals surface area contributed by atoms with E-state index in [-0.39, 0.29) is 17.0 Å². The first kappa shape index (κ1) is 18.2. The van der Waals surface area contributed by atoms with Crippen LogP contribution in [0.15, 0.2) is 22.7 Å². The van der Waals surface area contributed by atoms with E-state index in [4.69, 9.17) is 5.11 Å². The minimum absolute atomic E-state index is 0.00804. The Labute approximate surface area is 137 Å². The van der Waals surface area contributed by atoms with Crippen molar-refractivity contribution in [3.8, 4) is 0 Å². The van der Waals surface area contributed by atoms with Crippen molar-refractivity contribution >= 4 is 33.7 Å². The number of carbonyl (C=O) groups excluding carboxylic acids is 2. The van der Waals surface area contributed by atoms with Crippen LogP contribution in [-0.2, 0) is 4.79 Å². The van der Waals surface area contributed by atoms with Gasteiger partial charge in [-0.1, -0.05) is 15.9 Å². The normalized spacial score (nSPS) is 12.4. The first-order valence-electron chi connectivity index (χ1n) is 6.66. The molecule has 0 saturated carbocycles. The van der Waals surface area contributed by atoms with Crippen LogP contribution in [0.4, 0.5) is 0 Å². The second-order valence-electron chi connectivity index (χ2n) is 5.97. The van der Waals surface area contributed by atoms with Crippen molar-refractivity contribution in [1.29, 1.82) is 0 Å². The molecule has 1 aromatic carbocycles. The summed E-state index contributed by atoms with van der Waals surface area (Å²) in [6.45, 7) is 7.09. The van der Waals surface area contributed by atoms with Gasteiger partial charge >= 0.3 is 5.97 Å². The molecule has 6 nitrogen and oxygen atoms in total. The molecule has 0 fully saturated rings. The molecule has 0 aliphatic carbocycles. The number of aromatic carboxylic acids is 1. The first-order valence-corrected chi connectivity index (χ1v) is 7.45. The van der Waals surface area contributed by atoms with Gasteiger partial charge in [-0.3, -0.25) is 9.59 Å². The van der Waals surface area contributed by atoms with Crippen molar-refractivity contribution in [1.82, 2.24) is 10.6 Å². The molecule has 1 aromatic rings. The Balaban J connectivity index is 2.85. The number of halogens is 1. The lowest BCUT2D eigenvalue weighted by molar-refractivity contribution is -0.124. The molecule has 1 unspecified atom stereocenters. The van der Waals surface area contributed by atoms with Crippen LogP contribution in [-0.4, -0.2) is 34.5 Å². The Kier molecular flexibility index (Phi) is 5.71. The van der Waals surface area contributed by atoms with Gasteiger partial charge in [-0.25, -0.2) is 4.79 Å². The van der Waals surface area contributed by atoms with Crippen LogP contribution in [0.5, 0.6) is 0 Å². The standard InChI is InChI=1S/C15H19BrN2O4/c1-8(12(19)18-15(2,3)4)17-13(20)9-5-10(14(21)22)7-11(16)6-9/h5-8H,1-4H3,(H,17,20)(H,18,19)(H,21,22). The minimum atomic E-state index is -1.13. The Morgan fingerprint density at radius 2 is 1.68 bits per heavy atom. The maximum Gasteiger partial charge on any atom is 0.335 e. The summed E-state index contributed by atoms with van der Waals surface area (Å²) >= 11 is 3.16. The summed E-state index contributed by atoms with van der Waals surface area (Å²) in [4.78, 5) is 35.1. The third-order valence-electron chi connectivity index (χ3n) is 2.65. The molecule has 22 heavy (non-hydrogen) atoms. The summed E-state index contributed by atoms with van der Waals surface area (Å²) in [6.07, 6.45) is 0. The maximum absolute atomic E-state index is 12.1. The lowest BCUT2D eigenvalue weighted by Gasteiger charge is -2.23. The second-order valence-corrected chi connectivity index (χ2v) is 6.88. The number of carbonyl (C=O) groups is 3. The molecule has 0 aliphatic rings. The predicted octanol–water partition coefficient (Wildman–Crippen LogP) is 2.18. The fraction of sp³-hybridized carbons (Fsp3) is 0.400. The molecule has 2 amide bonds. The van der Waals surface area contributed by atoms with Gasteiger partial charge in [0.05, 0.1) is 5.56 Å². The van der Waals surface area contributed by atoms with E-state index >= 15 is 0 Å². The third-order valence-corrected chi connectivity index (χ3v) is 3.10. The topological polar surface area (TPSA) is 95.5 Å². The number of hydrogen-bond donors (Lipinski definition) is 3. The Hall–Kier alpha value is -1.89. The number of amides is 2. The number of nitrogens with one attached hydrogen (secondary N) is 2. The zero-order chi connectivity index (χ0) is 17.1. The summed E-state index contributed by atoms with van der Waals surface area (Å²) in [5.74, 6) is -1.96. The monoisotopic (exact) mass is 370 g/mol. The van der Waals surface area contributed by atoms with E-state index in [9.17, 15) is 14.4 Å². The Morgan fingerprint density at radius 3 is 2.18 bits per heavy atom. The van der Waals surface area contributed by atoms with Crippen molar-refractivity contribution in [3.63, 3.8) is 0 Å². The zero-order valence-corrected chi connectivity index (χ0v) is 14.4. The lowest BCUT2D eigenvalue weighted by Crippen LogP contribution is -2.50. The fourth-order valence-corrected chi connectivity index (χ4v) is 2.16. The van der Waals surface area contributed by atoms with Crippen molar-refractivity contribution in [2.45, 2.75) is 39.3 Å². The highest BCUT2D eigenvalue weighted by molar-refractivity contribution is 9.10. The molecule has 1 atom stereocenters. The van der Waals surface area contributed by atoms with E-state index in [2.05, 4.69) is 26.6 Å². The van der Waals surface area contributed by atoms with E-state index in [0.717, 1.165) is 0 Å². The van der Waals surface area contributed by atoms with Gasteiger partial charge in [0.25, 0.3) is 5.91 Å². The molecular weight excluding hydrogens is 352 g/mol. The minimum Gasteiger partial charge on any atom is -0.478 e. The largest absolute Gasteiger partial charge is 0.478 e. The van der Waals surface area contributed by atoms with E-state index < -0.39 is 23.5 Å².